The highest BCUT2D eigenvalue weighted by Gasteiger charge is 2.32. The first-order chi connectivity index (χ1) is 18.5. The van der Waals surface area contributed by atoms with Crippen LogP contribution in [-0.2, 0) is 26.2 Å². The Labute approximate surface area is 238 Å². The van der Waals surface area contributed by atoms with Crippen LogP contribution in [-0.4, -0.2) is 44.3 Å². The molecule has 0 unspecified atom stereocenters. The molecular weight excluding hydrogens is 585 g/mol. The monoisotopic (exact) mass is 617 g/mol. The fourth-order valence-electron chi connectivity index (χ4n) is 3.92. The number of nitrogens with zero attached hydrogens (tertiary/aromatic N) is 2. The maximum atomic E-state index is 13.9. The molecule has 0 spiro atoms. The Hall–Kier alpha value is -3.24. The SMILES string of the molecule is CCCCNC(=O)[C@@H](C)N(Cc1cccc(Br)c1)C(=O)CN(c1ccc(C)cc1)S(=O)(=O)c1ccc(F)cc1. The van der Waals surface area contributed by atoms with Crippen LogP contribution in [0.5, 0.6) is 0 Å². The van der Waals surface area contributed by atoms with Gasteiger partial charge in [-0.05, 0) is 74.4 Å². The molecular formula is C29H33BrFN3O4S. The highest BCUT2D eigenvalue weighted by atomic mass is 79.9. The number of halogens is 2. The smallest absolute Gasteiger partial charge is 0.264 e. The van der Waals surface area contributed by atoms with E-state index in [1.54, 1.807) is 31.2 Å². The third-order valence-corrected chi connectivity index (χ3v) is 8.52. The van der Waals surface area contributed by atoms with Gasteiger partial charge in [0.05, 0.1) is 10.6 Å². The lowest BCUT2D eigenvalue weighted by Gasteiger charge is -2.32. The zero-order valence-electron chi connectivity index (χ0n) is 22.2. The second-order valence-electron chi connectivity index (χ2n) is 9.27. The molecule has 0 fully saturated rings. The summed E-state index contributed by atoms with van der Waals surface area (Å²) in [5, 5.41) is 2.86. The normalized spacial score (nSPS) is 12.0. The van der Waals surface area contributed by atoms with Crippen molar-refractivity contribution in [1.82, 2.24) is 10.2 Å². The van der Waals surface area contributed by atoms with Gasteiger partial charge in [-0.1, -0.05) is 59.1 Å². The Kier molecular flexibility index (Phi) is 10.7. The third-order valence-electron chi connectivity index (χ3n) is 6.24. The molecule has 3 aromatic rings. The molecule has 7 nitrogen and oxygen atoms in total. The van der Waals surface area contributed by atoms with E-state index in [4.69, 9.17) is 0 Å². The fourth-order valence-corrected chi connectivity index (χ4v) is 5.79. The Balaban J connectivity index is 1.99. The minimum absolute atomic E-state index is 0.0962. The van der Waals surface area contributed by atoms with E-state index in [1.807, 2.05) is 38.1 Å². The van der Waals surface area contributed by atoms with Gasteiger partial charge in [-0.25, -0.2) is 12.8 Å². The Bertz CT molecular complexity index is 1380. The second-order valence-corrected chi connectivity index (χ2v) is 12.1. The highest BCUT2D eigenvalue weighted by Crippen LogP contribution is 2.25. The van der Waals surface area contributed by atoms with Gasteiger partial charge in [0, 0.05) is 17.6 Å². The van der Waals surface area contributed by atoms with Crippen molar-refractivity contribution in [1.29, 1.82) is 0 Å². The van der Waals surface area contributed by atoms with Crippen molar-refractivity contribution in [3.63, 3.8) is 0 Å². The summed E-state index contributed by atoms with van der Waals surface area (Å²) >= 11 is 3.43. The number of carbonyl (C=O) groups excluding carboxylic acids is 2. The molecule has 1 N–H and O–H groups in total. The van der Waals surface area contributed by atoms with E-state index >= 15 is 0 Å². The van der Waals surface area contributed by atoms with Crippen LogP contribution < -0.4 is 9.62 Å². The standard InChI is InChI=1S/C29H33BrFN3O4S/c1-4-5-17-32-29(36)22(3)33(19-23-7-6-8-24(30)18-23)28(35)20-34(26-13-9-21(2)10-14-26)39(37,38)27-15-11-25(31)12-16-27/h6-16,18,22H,4-5,17,19-20H2,1-3H3,(H,32,36)/t22-/m1/s1. The number of aryl methyl sites for hydroxylation is 1. The zero-order chi connectivity index (χ0) is 28.6. The number of amides is 2. The van der Waals surface area contributed by atoms with Crippen LogP contribution in [0.25, 0.3) is 0 Å². The van der Waals surface area contributed by atoms with E-state index < -0.39 is 34.3 Å². The number of rotatable bonds is 12. The lowest BCUT2D eigenvalue weighted by Crippen LogP contribution is -2.51. The number of anilines is 1. The molecule has 0 heterocycles. The predicted octanol–water partition coefficient (Wildman–Crippen LogP) is 5.43. The summed E-state index contributed by atoms with van der Waals surface area (Å²) in [6.07, 6.45) is 1.71. The number of nitrogens with one attached hydrogen (secondary N) is 1. The van der Waals surface area contributed by atoms with Crippen molar-refractivity contribution in [2.75, 3.05) is 17.4 Å². The van der Waals surface area contributed by atoms with E-state index in [2.05, 4.69) is 21.2 Å². The van der Waals surface area contributed by atoms with Crippen LogP contribution in [0.1, 0.15) is 37.8 Å². The van der Waals surface area contributed by atoms with Crippen LogP contribution in [0, 0.1) is 12.7 Å². The van der Waals surface area contributed by atoms with Gasteiger partial charge >= 0.3 is 0 Å². The van der Waals surface area contributed by atoms with Crippen molar-refractivity contribution in [2.45, 2.75) is 51.1 Å². The van der Waals surface area contributed by atoms with Crippen LogP contribution in [0.3, 0.4) is 0 Å². The van der Waals surface area contributed by atoms with E-state index in [1.165, 1.54) is 17.0 Å². The van der Waals surface area contributed by atoms with E-state index in [0.29, 0.717) is 6.54 Å². The number of unbranched alkanes of at least 4 members (excludes halogenated alkanes) is 1. The molecule has 0 saturated carbocycles. The molecule has 10 heteroatoms. The number of sulfonamides is 1. The maximum Gasteiger partial charge on any atom is 0.264 e. The minimum atomic E-state index is -4.24. The average Bonchev–Trinajstić information content (AvgIpc) is 2.90. The molecule has 3 rings (SSSR count). The molecule has 3 aromatic carbocycles. The summed E-state index contributed by atoms with van der Waals surface area (Å²) in [5.74, 6) is -1.45. The van der Waals surface area contributed by atoms with Gasteiger partial charge in [0.2, 0.25) is 11.8 Å². The average molecular weight is 619 g/mol. The van der Waals surface area contributed by atoms with E-state index in [-0.39, 0.29) is 23.0 Å². The summed E-state index contributed by atoms with van der Waals surface area (Å²) in [6, 6.07) is 17.7. The molecule has 0 bridgehead atoms. The molecule has 0 aliphatic carbocycles. The summed E-state index contributed by atoms with van der Waals surface area (Å²) in [6.45, 7) is 5.53. The zero-order valence-corrected chi connectivity index (χ0v) is 24.6. The van der Waals surface area contributed by atoms with E-state index in [9.17, 15) is 22.4 Å². The summed E-state index contributed by atoms with van der Waals surface area (Å²) < 4.78 is 42.8. The van der Waals surface area contributed by atoms with Crippen molar-refractivity contribution in [3.8, 4) is 0 Å². The number of hydrogen-bond acceptors (Lipinski definition) is 4. The Morgan fingerprint density at radius 3 is 2.31 bits per heavy atom. The molecule has 2 amide bonds. The second kappa shape index (κ2) is 13.7. The Morgan fingerprint density at radius 2 is 1.69 bits per heavy atom. The maximum absolute atomic E-state index is 13.9. The van der Waals surface area contributed by atoms with Gasteiger partial charge in [-0.2, -0.15) is 0 Å². The molecule has 0 radical (unpaired) electrons. The summed E-state index contributed by atoms with van der Waals surface area (Å²) in [4.78, 5) is 28.1. The van der Waals surface area contributed by atoms with Crippen LogP contribution >= 0.6 is 15.9 Å². The first-order valence-electron chi connectivity index (χ1n) is 12.7. The van der Waals surface area contributed by atoms with Crippen molar-refractivity contribution in [3.05, 3.63) is 94.2 Å². The highest BCUT2D eigenvalue weighted by molar-refractivity contribution is 9.10. The van der Waals surface area contributed by atoms with Gasteiger partial charge in [0.1, 0.15) is 18.4 Å². The topological polar surface area (TPSA) is 86.8 Å². The van der Waals surface area contributed by atoms with Crippen molar-refractivity contribution in [2.24, 2.45) is 0 Å². The predicted molar refractivity (Wildman–Crippen MR) is 154 cm³/mol. The van der Waals surface area contributed by atoms with Crippen LogP contribution in [0.2, 0.25) is 0 Å². The molecule has 0 aliphatic rings. The number of hydrogen-bond donors (Lipinski definition) is 1. The third kappa shape index (κ3) is 8.12. The van der Waals surface area contributed by atoms with Crippen LogP contribution in [0.4, 0.5) is 10.1 Å². The van der Waals surface area contributed by atoms with Gasteiger partial charge in [0.15, 0.2) is 0 Å². The Morgan fingerprint density at radius 1 is 1.03 bits per heavy atom. The van der Waals surface area contributed by atoms with Gasteiger partial charge in [-0.3, -0.25) is 13.9 Å². The van der Waals surface area contributed by atoms with Crippen molar-refractivity contribution < 1.29 is 22.4 Å². The fraction of sp³-hybridized carbons (Fsp3) is 0.310. The number of benzene rings is 3. The molecule has 208 valence electrons. The van der Waals surface area contributed by atoms with Crippen LogP contribution in [0.15, 0.2) is 82.2 Å². The molecule has 1 atom stereocenters. The lowest BCUT2D eigenvalue weighted by atomic mass is 10.1. The molecule has 0 aromatic heterocycles. The van der Waals surface area contributed by atoms with Crippen molar-refractivity contribution >= 4 is 43.5 Å². The number of carbonyl (C=O) groups is 2. The first-order valence-corrected chi connectivity index (χ1v) is 14.9. The van der Waals surface area contributed by atoms with Gasteiger partial charge in [-0.15, -0.1) is 0 Å². The molecule has 0 aliphatic heterocycles. The lowest BCUT2D eigenvalue weighted by molar-refractivity contribution is -0.139. The summed E-state index contributed by atoms with van der Waals surface area (Å²) in [7, 11) is -4.24. The molecule has 39 heavy (non-hydrogen) atoms. The van der Waals surface area contributed by atoms with E-state index in [0.717, 1.165) is 44.9 Å². The molecule has 0 saturated heterocycles. The summed E-state index contributed by atoms with van der Waals surface area (Å²) in [5.41, 5.74) is 1.97. The first kappa shape index (κ1) is 30.3. The largest absolute Gasteiger partial charge is 0.354 e. The quantitative estimate of drug-likeness (QED) is 0.275. The van der Waals surface area contributed by atoms with Gasteiger partial charge in [0.25, 0.3) is 10.0 Å². The minimum Gasteiger partial charge on any atom is -0.354 e. The van der Waals surface area contributed by atoms with Gasteiger partial charge < -0.3 is 10.2 Å².